The van der Waals surface area contributed by atoms with E-state index in [1.165, 1.54) is 5.56 Å². The molecule has 1 amide bonds. The van der Waals surface area contributed by atoms with Crippen molar-refractivity contribution >= 4 is 12.0 Å². The van der Waals surface area contributed by atoms with Crippen molar-refractivity contribution in [3.8, 4) is 0 Å². The molecule has 1 aromatic carbocycles. The molecule has 5 rings (SSSR count). The van der Waals surface area contributed by atoms with E-state index >= 15 is 0 Å². The summed E-state index contributed by atoms with van der Waals surface area (Å²) < 4.78 is 5.43. The van der Waals surface area contributed by atoms with E-state index in [0.717, 1.165) is 51.1 Å². The fourth-order valence-corrected chi connectivity index (χ4v) is 5.50. The lowest BCUT2D eigenvalue weighted by Crippen LogP contribution is -2.51. The van der Waals surface area contributed by atoms with Crippen molar-refractivity contribution in [2.75, 3.05) is 19.6 Å². The molecule has 1 aromatic heterocycles. The van der Waals surface area contributed by atoms with E-state index < -0.39 is 0 Å². The minimum absolute atomic E-state index is 0.241. The molecule has 3 aliphatic heterocycles. The van der Waals surface area contributed by atoms with Crippen molar-refractivity contribution < 1.29 is 9.21 Å². The monoisotopic (exact) mass is 362 g/mol. The van der Waals surface area contributed by atoms with Gasteiger partial charge in [0.2, 0.25) is 5.91 Å². The summed E-state index contributed by atoms with van der Waals surface area (Å²) >= 11 is 0. The SMILES string of the molecule is O=C1N(CCc2ccccc2)C[C@@H]2C[C@@H](C=Cc3ccco3)N3CCC[C@@]123. The summed E-state index contributed by atoms with van der Waals surface area (Å²) in [6.07, 6.45) is 10.2. The van der Waals surface area contributed by atoms with Crippen LogP contribution < -0.4 is 0 Å². The second-order valence-electron chi connectivity index (χ2n) is 8.08. The molecule has 0 saturated carbocycles. The molecule has 0 radical (unpaired) electrons. The van der Waals surface area contributed by atoms with Crippen LogP contribution in [0.1, 0.15) is 30.6 Å². The number of likely N-dealkylation sites (tertiary alicyclic amines) is 1. The van der Waals surface area contributed by atoms with Crippen molar-refractivity contribution in [1.29, 1.82) is 0 Å². The number of carbonyl (C=O) groups is 1. The summed E-state index contributed by atoms with van der Waals surface area (Å²) in [6, 6.07) is 14.7. The number of amides is 1. The van der Waals surface area contributed by atoms with Gasteiger partial charge >= 0.3 is 0 Å². The van der Waals surface area contributed by atoms with Crippen LogP contribution in [0.4, 0.5) is 0 Å². The summed E-state index contributed by atoms with van der Waals surface area (Å²) in [5.41, 5.74) is 1.07. The maximum atomic E-state index is 13.4. The quantitative estimate of drug-likeness (QED) is 0.815. The van der Waals surface area contributed by atoms with Gasteiger partial charge in [0.1, 0.15) is 11.3 Å². The third kappa shape index (κ3) is 2.74. The highest BCUT2D eigenvalue weighted by Crippen LogP contribution is 2.51. The number of furan rings is 1. The molecular formula is C23H26N2O2. The molecule has 27 heavy (non-hydrogen) atoms. The van der Waals surface area contributed by atoms with Crippen LogP contribution in [0, 0.1) is 5.92 Å². The highest BCUT2D eigenvalue weighted by molar-refractivity contribution is 5.90. The van der Waals surface area contributed by atoms with Crippen molar-refractivity contribution in [3.05, 3.63) is 66.1 Å². The molecule has 3 aliphatic rings. The van der Waals surface area contributed by atoms with Gasteiger partial charge in [-0.15, -0.1) is 0 Å². The van der Waals surface area contributed by atoms with Gasteiger partial charge in [0.25, 0.3) is 0 Å². The topological polar surface area (TPSA) is 36.7 Å². The Morgan fingerprint density at radius 2 is 2.07 bits per heavy atom. The predicted octanol–water partition coefficient (Wildman–Crippen LogP) is 3.60. The first-order valence-corrected chi connectivity index (χ1v) is 10.1. The molecule has 1 spiro atoms. The Balaban J connectivity index is 1.31. The number of nitrogens with zero attached hydrogens (tertiary/aromatic N) is 2. The third-order valence-corrected chi connectivity index (χ3v) is 6.71. The summed E-state index contributed by atoms with van der Waals surface area (Å²) in [5, 5.41) is 0. The summed E-state index contributed by atoms with van der Waals surface area (Å²) in [4.78, 5) is 18.0. The minimum atomic E-state index is -0.241. The first-order chi connectivity index (χ1) is 13.3. The molecule has 4 nitrogen and oxygen atoms in total. The van der Waals surface area contributed by atoms with Crippen LogP contribution >= 0.6 is 0 Å². The van der Waals surface area contributed by atoms with Gasteiger partial charge in [0.05, 0.1) is 6.26 Å². The van der Waals surface area contributed by atoms with Gasteiger partial charge in [-0.1, -0.05) is 36.4 Å². The molecule has 3 saturated heterocycles. The van der Waals surface area contributed by atoms with E-state index in [0.29, 0.717) is 17.9 Å². The standard InChI is InChI=1S/C23H26N2O2/c26-22-23-12-5-13-25(23)20(9-10-21-8-4-15-27-21)16-19(23)17-24(22)14-11-18-6-2-1-3-7-18/h1-4,6-10,15,19-20H,5,11-14,16-17H2/t19-,20+,23-/m0/s1. The van der Waals surface area contributed by atoms with Crippen molar-refractivity contribution in [2.45, 2.75) is 37.3 Å². The van der Waals surface area contributed by atoms with Crippen molar-refractivity contribution in [3.63, 3.8) is 0 Å². The number of hydrogen-bond acceptors (Lipinski definition) is 3. The largest absolute Gasteiger partial charge is 0.465 e. The fourth-order valence-electron chi connectivity index (χ4n) is 5.50. The minimum Gasteiger partial charge on any atom is -0.465 e. The summed E-state index contributed by atoms with van der Waals surface area (Å²) in [7, 11) is 0. The van der Waals surface area contributed by atoms with Crippen molar-refractivity contribution in [1.82, 2.24) is 9.80 Å². The van der Waals surface area contributed by atoms with E-state index in [2.05, 4.69) is 46.2 Å². The number of hydrogen-bond donors (Lipinski definition) is 0. The molecule has 0 N–H and O–H groups in total. The van der Waals surface area contributed by atoms with Gasteiger partial charge in [-0.05, 0) is 56.0 Å². The Kier molecular flexibility index (Phi) is 4.16. The van der Waals surface area contributed by atoms with E-state index in [4.69, 9.17) is 4.42 Å². The zero-order chi connectivity index (χ0) is 18.3. The molecule has 4 heteroatoms. The van der Waals surface area contributed by atoms with Gasteiger partial charge in [0, 0.05) is 25.0 Å². The zero-order valence-electron chi connectivity index (χ0n) is 15.6. The van der Waals surface area contributed by atoms with E-state index in [9.17, 15) is 4.79 Å². The number of rotatable bonds is 5. The molecule has 0 unspecified atom stereocenters. The van der Waals surface area contributed by atoms with E-state index in [1.807, 2.05) is 18.2 Å². The van der Waals surface area contributed by atoms with Crippen molar-refractivity contribution in [2.24, 2.45) is 5.92 Å². The van der Waals surface area contributed by atoms with Crippen LogP contribution in [0.3, 0.4) is 0 Å². The lowest BCUT2D eigenvalue weighted by Gasteiger charge is -2.32. The molecular weight excluding hydrogens is 336 g/mol. The predicted molar refractivity (Wildman–Crippen MR) is 105 cm³/mol. The molecule has 3 atom stereocenters. The van der Waals surface area contributed by atoms with Gasteiger partial charge in [-0.25, -0.2) is 0 Å². The molecule has 2 aromatic rings. The van der Waals surface area contributed by atoms with Gasteiger partial charge in [0.15, 0.2) is 0 Å². The van der Waals surface area contributed by atoms with Gasteiger partial charge in [-0.3, -0.25) is 9.69 Å². The van der Waals surface area contributed by atoms with E-state index in [-0.39, 0.29) is 5.54 Å². The van der Waals surface area contributed by atoms with E-state index in [1.54, 1.807) is 6.26 Å². The summed E-state index contributed by atoms with van der Waals surface area (Å²) in [6.45, 7) is 2.77. The van der Waals surface area contributed by atoms with Gasteiger partial charge in [-0.2, -0.15) is 0 Å². The molecule has 0 bridgehead atoms. The highest BCUT2D eigenvalue weighted by Gasteiger charge is 2.64. The third-order valence-electron chi connectivity index (χ3n) is 6.71. The average Bonchev–Trinajstić information content (AvgIpc) is 3.44. The fraction of sp³-hybridized carbons (Fsp3) is 0.435. The smallest absolute Gasteiger partial charge is 0.243 e. The maximum absolute atomic E-state index is 13.4. The molecule has 4 heterocycles. The number of carbonyl (C=O) groups excluding carboxylic acids is 1. The van der Waals surface area contributed by atoms with Crippen LogP contribution in [0.5, 0.6) is 0 Å². The van der Waals surface area contributed by atoms with Gasteiger partial charge < -0.3 is 9.32 Å². The Morgan fingerprint density at radius 1 is 1.19 bits per heavy atom. The molecule has 0 aliphatic carbocycles. The molecule has 140 valence electrons. The summed E-state index contributed by atoms with van der Waals surface area (Å²) in [5.74, 6) is 1.71. The average molecular weight is 362 g/mol. The lowest BCUT2D eigenvalue weighted by molar-refractivity contribution is -0.136. The van der Waals surface area contributed by atoms with Crippen LogP contribution in [0.2, 0.25) is 0 Å². The Hall–Kier alpha value is -2.33. The Bertz CT molecular complexity index is 829. The zero-order valence-corrected chi connectivity index (χ0v) is 15.6. The number of benzene rings is 1. The first kappa shape index (κ1) is 16.8. The Labute approximate surface area is 160 Å². The lowest BCUT2D eigenvalue weighted by atomic mass is 9.85. The Morgan fingerprint density at radius 3 is 2.89 bits per heavy atom. The van der Waals surface area contributed by atoms with Crippen LogP contribution in [0.15, 0.2) is 59.2 Å². The highest BCUT2D eigenvalue weighted by atomic mass is 16.3. The van der Waals surface area contributed by atoms with Crippen LogP contribution in [-0.2, 0) is 11.2 Å². The second-order valence-corrected chi connectivity index (χ2v) is 8.08. The maximum Gasteiger partial charge on any atom is 0.243 e. The second kappa shape index (κ2) is 6.68. The van der Waals surface area contributed by atoms with Crippen LogP contribution in [0.25, 0.3) is 6.08 Å². The normalized spacial score (nSPS) is 30.4. The first-order valence-electron chi connectivity index (χ1n) is 10.1. The van der Waals surface area contributed by atoms with Crippen LogP contribution in [-0.4, -0.2) is 46.9 Å². The molecule has 3 fully saturated rings.